The fourth-order valence-electron chi connectivity index (χ4n) is 8.63. The smallest absolute Gasteiger partial charge is 0.0618 e. The molecule has 9 aromatic rings. The first-order chi connectivity index (χ1) is 27.0. The quantitative estimate of drug-likeness (QED) is 0.170. The molecule has 0 aromatic heterocycles. The van der Waals surface area contributed by atoms with Crippen LogP contribution in [0.3, 0.4) is 0 Å². The molecule has 0 radical (unpaired) electrons. The molecule has 55 heavy (non-hydrogen) atoms. The molecular weight excluding hydrogens is 665 g/mol. The van der Waals surface area contributed by atoms with Crippen LogP contribution in [0.4, 0.5) is 34.1 Å². The number of nitrogens with zero attached hydrogens (tertiary/aromatic N) is 2. The molecule has 0 saturated carbocycles. The summed E-state index contributed by atoms with van der Waals surface area (Å²) in [6.07, 6.45) is 0. The van der Waals surface area contributed by atoms with Crippen LogP contribution < -0.4 is 9.80 Å². The van der Waals surface area contributed by atoms with E-state index in [2.05, 4.69) is 230 Å². The molecular formula is C53H40N2. The molecule has 2 heteroatoms. The zero-order valence-electron chi connectivity index (χ0n) is 31.0. The van der Waals surface area contributed by atoms with Crippen molar-refractivity contribution in [1.82, 2.24) is 0 Å². The maximum Gasteiger partial charge on any atom is 0.0618 e. The van der Waals surface area contributed by atoms with Gasteiger partial charge in [-0.05, 0) is 98.6 Å². The Morgan fingerprint density at radius 2 is 0.909 bits per heavy atom. The van der Waals surface area contributed by atoms with Crippen LogP contribution in [0.15, 0.2) is 206 Å². The lowest BCUT2D eigenvalue weighted by molar-refractivity contribution is 0.632. The number of para-hydroxylation sites is 3. The minimum atomic E-state index is -0.199. The van der Waals surface area contributed by atoms with Gasteiger partial charge in [-0.25, -0.2) is 0 Å². The normalized spacial score (nSPS) is 13.0. The third-order valence-electron chi connectivity index (χ3n) is 11.4. The van der Waals surface area contributed by atoms with E-state index in [1.807, 2.05) is 0 Å². The van der Waals surface area contributed by atoms with Gasteiger partial charge in [-0.2, -0.15) is 0 Å². The summed E-state index contributed by atoms with van der Waals surface area (Å²) < 4.78 is 0. The van der Waals surface area contributed by atoms with Crippen molar-refractivity contribution in [3.05, 3.63) is 217 Å². The van der Waals surface area contributed by atoms with E-state index >= 15 is 0 Å². The molecule has 2 nitrogen and oxygen atoms in total. The van der Waals surface area contributed by atoms with Gasteiger partial charge in [-0.15, -0.1) is 0 Å². The molecule has 0 unspecified atom stereocenters. The van der Waals surface area contributed by atoms with Crippen molar-refractivity contribution >= 4 is 55.7 Å². The van der Waals surface area contributed by atoms with E-state index in [0.717, 1.165) is 17.1 Å². The van der Waals surface area contributed by atoms with Crippen LogP contribution in [0.2, 0.25) is 0 Å². The molecule has 0 N–H and O–H groups in total. The summed E-state index contributed by atoms with van der Waals surface area (Å²) in [7, 11) is 0. The summed E-state index contributed by atoms with van der Waals surface area (Å²) in [4.78, 5) is 4.87. The molecule has 0 atom stereocenters. The largest absolute Gasteiger partial charge is 0.311 e. The Morgan fingerprint density at radius 3 is 1.65 bits per heavy atom. The number of fused-ring (bicyclic) bond motifs is 4. The first-order valence-electron chi connectivity index (χ1n) is 19.1. The average molecular weight is 705 g/mol. The molecule has 0 amide bonds. The summed E-state index contributed by atoms with van der Waals surface area (Å²) >= 11 is 0. The molecule has 0 spiro atoms. The zero-order chi connectivity index (χ0) is 36.9. The lowest BCUT2D eigenvalue weighted by Gasteiger charge is -2.43. The minimum Gasteiger partial charge on any atom is -0.311 e. The molecule has 0 aliphatic carbocycles. The molecule has 0 bridgehead atoms. The van der Waals surface area contributed by atoms with Gasteiger partial charge >= 0.3 is 0 Å². The summed E-state index contributed by atoms with van der Waals surface area (Å²) in [5.74, 6) is 0. The first kappa shape index (κ1) is 32.7. The molecule has 0 saturated heterocycles. The maximum atomic E-state index is 2.55. The van der Waals surface area contributed by atoms with Crippen LogP contribution in [0.25, 0.3) is 43.8 Å². The molecule has 1 heterocycles. The van der Waals surface area contributed by atoms with Crippen LogP contribution in [0.5, 0.6) is 0 Å². The lowest BCUT2D eigenvalue weighted by atomic mass is 9.73. The van der Waals surface area contributed by atoms with Crippen molar-refractivity contribution in [2.45, 2.75) is 19.3 Å². The van der Waals surface area contributed by atoms with E-state index in [4.69, 9.17) is 0 Å². The summed E-state index contributed by atoms with van der Waals surface area (Å²) in [6, 6.07) is 75.2. The van der Waals surface area contributed by atoms with E-state index in [0.29, 0.717) is 0 Å². The van der Waals surface area contributed by atoms with E-state index in [9.17, 15) is 0 Å². The lowest BCUT2D eigenvalue weighted by Crippen LogP contribution is -2.31. The van der Waals surface area contributed by atoms with Crippen LogP contribution in [0.1, 0.15) is 25.0 Å². The number of benzene rings is 9. The topological polar surface area (TPSA) is 6.48 Å². The monoisotopic (exact) mass is 704 g/mol. The minimum absolute atomic E-state index is 0.199. The van der Waals surface area contributed by atoms with Crippen molar-refractivity contribution in [1.29, 1.82) is 0 Å². The van der Waals surface area contributed by atoms with Crippen molar-refractivity contribution in [2.24, 2.45) is 0 Å². The van der Waals surface area contributed by atoms with Crippen molar-refractivity contribution in [3.63, 3.8) is 0 Å². The summed E-state index contributed by atoms with van der Waals surface area (Å²) in [6.45, 7) is 4.73. The third-order valence-corrected chi connectivity index (χ3v) is 11.4. The zero-order valence-corrected chi connectivity index (χ0v) is 31.0. The fourth-order valence-corrected chi connectivity index (χ4v) is 8.63. The highest BCUT2D eigenvalue weighted by molar-refractivity contribution is 6.08. The second-order valence-corrected chi connectivity index (χ2v) is 15.0. The molecule has 1 aliphatic rings. The number of hydrogen-bond donors (Lipinski definition) is 0. The number of hydrogen-bond acceptors (Lipinski definition) is 2. The van der Waals surface area contributed by atoms with Gasteiger partial charge in [-0.3, -0.25) is 0 Å². The fraction of sp³-hybridized carbons (Fsp3) is 0.0566. The summed E-state index contributed by atoms with van der Waals surface area (Å²) in [5.41, 5.74) is 14.2. The molecule has 262 valence electrons. The highest BCUT2D eigenvalue weighted by Crippen LogP contribution is 2.55. The van der Waals surface area contributed by atoms with Gasteiger partial charge in [0.2, 0.25) is 0 Å². The first-order valence-corrected chi connectivity index (χ1v) is 19.1. The van der Waals surface area contributed by atoms with Crippen LogP contribution in [-0.2, 0) is 5.41 Å². The van der Waals surface area contributed by atoms with Crippen LogP contribution in [0, 0.1) is 0 Å². The number of anilines is 6. The Morgan fingerprint density at radius 1 is 0.382 bits per heavy atom. The second kappa shape index (κ2) is 13.2. The van der Waals surface area contributed by atoms with Crippen LogP contribution >= 0.6 is 0 Å². The predicted octanol–water partition coefficient (Wildman–Crippen LogP) is 14.9. The molecule has 9 aromatic carbocycles. The highest BCUT2D eigenvalue weighted by atomic mass is 15.2. The molecule has 1 aliphatic heterocycles. The molecule has 10 rings (SSSR count). The second-order valence-electron chi connectivity index (χ2n) is 15.0. The van der Waals surface area contributed by atoms with Crippen molar-refractivity contribution < 1.29 is 0 Å². The molecule has 0 fully saturated rings. The average Bonchev–Trinajstić information content (AvgIpc) is 3.24. The maximum absolute atomic E-state index is 2.55. The van der Waals surface area contributed by atoms with Gasteiger partial charge in [0.1, 0.15) is 0 Å². The standard InChI is InChI=1S/C53H40N2/c1-53(2)48-23-13-14-24-50(48)55(51-36-42(30-34-49(51)53)41-26-25-37-15-9-10-17-40(37)35-41)52-46-22-12-11-16-38(46)29-33-47(52)39-27-31-45(32-28-39)54(43-18-5-3-6-19-43)44-20-7-4-8-21-44/h3-36H,1-2H3. The van der Waals surface area contributed by atoms with Crippen molar-refractivity contribution in [3.8, 4) is 22.3 Å². The Balaban J connectivity index is 1.18. The summed E-state index contributed by atoms with van der Waals surface area (Å²) in [5, 5.41) is 4.93. The Bertz CT molecular complexity index is 2800. The predicted molar refractivity (Wildman–Crippen MR) is 234 cm³/mol. The Kier molecular flexibility index (Phi) is 7.85. The van der Waals surface area contributed by atoms with E-state index in [1.165, 1.54) is 72.0 Å². The van der Waals surface area contributed by atoms with Gasteiger partial charge in [0.15, 0.2) is 0 Å². The van der Waals surface area contributed by atoms with Gasteiger partial charge in [0.25, 0.3) is 0 Å². The van der Waals surface area contributed by atoms with E-state index in [1.54, 1.807) is 0 Å². The van der Waals surface area contributed by atoms with Gasteiger partial charge in [0, 0.05) is 33.4 Å². The van der Waals surface area contributed by atoms with E-state index < -0.39 is 0 Å². The third kappa shape index (κ3) is 5.57. The SMILES string of the molecule is CC1(C)c2ccccc2N(c2c(-c3ccc(N(c4ccccc4)c4ccccc4)cc3)ccc3ccccc23)c2cc(-c3ccc4ccccc4c3)ccc21. The van der Waals surface area contributed by atoms with Crippen molar-refractivity contribution in [2.75, 3.05) is 9.80 Å². The number of rotatable bonds is 6. The van der Waals surface area contributed by atoms with Gasteiger partial charge < -0.3 is 9.80 Å². The van der Waals surface area contributed by atoms with E-state index in [-0.39, 0.29) is 5.41 Å². The van der Waals surface area contributed by atoms with Gasteiger partial charge in [-0.1, -0.05) is 166 Å². The van der Waals surface area contributed by atoms with Gasteiger partial charge in [0.05, 0.1) is 17.1 Å². The Labute approximate surface area is 323 Å². The highest BCUT2D eigenvalue weighted by Gasteiger charge is 2.38. The Hall–Kier alpha value is -6.90. The van der Waals surface area contributed by atoms with Crippen LogP contribution in [-0.4, -0.2) is 0 Å².